The van der Waals surface area contributed by atoms with Crippen molar-refractivity contribution in [3.8, 4) is 0 Å². The highest BCUT2D eigenvalue weighted by molar-refractivity contribution is 5.95. The van der Waals surface area contributed by atoms with Crippen LogP contribution in [-0.4, -0.2) is 103 Å². The van der Waals surface area contributed by atoms with Crippen molar-refractivity contribution in [2.45, 2.75) is 31.7 Å². The number of para-hydroxylation sites is 1. The molecule has 2 saturated heterocycles. The minimum atomic E-state index is -5.06. The summed E-state index contributed by atoms with van der Waals surface area (Å²) in [5.41, 5.74) is -1.33. The van der Waals surface area contributed by atoms with Gasteiger partial charge in [-0.25, -0.2) is 0 Å². The van der Waals surface area contributed by atoms with Crippen molar-refractivity contribution in [3.05, 3.63) is 70.9 Å². The Morgan fingerprint density at radius 2 is 1.64 bits per heavy atom. The smallest absolute Gasteiger partial charge is 0.394 e. The average molecular weight is 640 g/mol. The molecule has 0 saturated carbocycles. The maximum absolute atomic E-state index is 13.7. The number of alkyl halides is 6. The van der Waals surface area contributed by atoms with E-state index in [4.69, 9.17) is 9.57 Å². The fraction of sp³-hybridized carbons (Fsp3) is 0.484. The number of halogens is 6. The Hall–Kier alpha value is -3.62. The number of morpholine rings is 1. The molecule has 2 aromatic carbocycles. The first kappa shape index (κ1) is 32.8. The third-order valence-electron chi connectivity index (χ3n) is 7.98. The van der Waals surface area contributed by atoms with Crippen LogP contribution in [0.5, 0.6) is 0 Å². The zero-order valence-electron chi connectivity index (χ0n) is 24.8. The fourth-order valence-corrected chi connectivity index (χ4v) is 5.75. The van der Waals surface area contributed by atoms with Crippen LogP contribution in [0.4, 0.5) is 26.3 Å². The van der Waals surface area contributed by atoms with Gasteiger partial charge in [-0.2, -0.15) is 26.3 Å². The SMILES string of the molecule is C/C(CN1CCN(C(=O)c2cc(C(F)(F)F)cc(C(F)(F)F)c2)C(Cc2cc3ccccc3[nH]2)C1)=N\OCCN1CCOCC1. The largest absolute Gasteiger partial charge is 0.416 e. The number of nitrogens with one attached hydrogen (secondary N) is 1. The van der Waals surface area contributed by atoms with Crippen molar-refractivity contribution >= 4 is 22.5 Å². The third kappa shape index (κ3) is 8.56. The van der Waals surface area contributed by atoms with Crippen LogP contribution >= 0.6 is 0 Å². The second kappa shape index (κ2) is 13.8. The van der Waals surface area contributed by atoms with Gasteiger partial charge < -0.3 is 19.5 Å². The van der Waals surface area contributed by atoms with Crippen LogP contribution in [0.2, 0.25) is 0 Å². The standard InChI is InChI=1S/C31H35F6N5O3/c1-21(39-45-13-10-40-8-11-44-12-9-40)19-41-6-7-42(27(20-41)18-26-16-22-4-2-3-5-28(22)38-26)29(43)23-14-24(30(32,33)34)17-25(15-23)31(35,36)37/h2-5,14-17,27,38H,6-13,18-20H2,1H3/b39-21+. The van der Waals surface area contributed by atoms with Crippen LogP contribution in [0.15, 0.2) is 53.7 Å². The molecule has 45 heavy (non-hydrogen) atoms. The lowest BCUT2D eigenvalue weighted by molar-refractivity contribution is -0.143. The molecule has 2 aliphatic rings. The summed E-state index contributed by atoms with van der Waals surface area (Å²) in [6.07, 6.45) is -9.80. The van der Waals surface area contributed by atoms with Crippen LogP contribution in [-0.2, 0) is 28.3 Å². The van der Waals surface area contributed by atoms with Gasteiger partial charge in [0.25, 0.3) is 5.91 Å². The second-order valence-electron chi connectivity index (χ2n) is 11.4. The summed E-state index contributed by atoms with van der Waals surface area (Å²) in [6, 6.07) is 9.98. The molecule has 14 heteroatoms. The Balaban J connectivity index is 1.33. The number of carbonyl (C=O) groups is 1. The first-order valence-corrected chi connectivity index (χ1v) is 14.7. The Morgan fingerprint density at radius 3 is 2.31 bits per heavy atom. The van der Waals surface area contributed by atoms with Crippen molar-refractivity contribution in [1.82, 2.24) is 19.7 Å². The maximum Gasteiger partial charge on any atom is 0.416 e. The molecule has 1 N–H and O–H groups in total. The molecule has 1 atom stereocenters. The third-order valence-corrected chi connectivity index (χ3v) is 7.98. The van der Waals surface area contributed by atoms with Gasteiger partial charge in [-0.15, -0.1) is 0 Å². The lowest BCUT2D eigenvalue weighted by atomic mass is 10.0. The van der Waals surface area contributed by atoms with Gasteiger partial charge in [-0.3, -0.25) is 14.6 Å². The average Bonchev–Trinajstić information content (AvgIpc) is 3.41. The number of rotatable bonds is 9. The first-order chi connectivity index (χ1) is 21.4. The van der Waals surface area contributed by atoms with Crippen LogP contribution < -0.4 is 0 Å². The van der Waals surface area contributed by atoms with E-state index in [-0.39, 0.29) is 12.6 Å². The number of aromatic amines is 1. The zero-order valence-corrected chi connectivity index (χ0v) is 24.8. The maximum atomic E-state index is 13.7. The van der Waals surface area contributed by atoms with Crippen LogP contribution in [0.1, 0.15) is 34.1 Å². The molecule has 1 unspecified atom stereocenters. The monoisotopic (exact) mass is 639 g/mol. The Bertz CT molecular complexity index is 1430. The minimum absolute atomic E-state index is 0.0296. The number of benzene rings is 2. The van der Waals surface area contributed by atoms with Gasteiger partial charge in [0.15, 0.2) is 0 Å². The number of H-pyrrole nitrogens is 1. The number of fused-ring (bicyclic) bond motifs is 1. The van der Waals surface area contributed by atoms with Gasteiger partial charge in [0.2, 0.25) is 0 Å². The molecule has 3 heterocycles. The van der Waals surface area contributed by atoms with Crippen LogP contribution in [0.25, 0.3) is 10.9 Å². The predicted molar refractivity (Wildman–Crippen MR) is 156 cm³/mol. The van der Waals surface area contributed by atoms with Crippen molar-refractivity contribution in [3.63, 3.8) is 0 Å². The summed E-state index contributed by atoms with van der Waals surface area (Å²) in [5, 5.41) is 5.17. The number of nitrogens with zero attached hydrogens (tertiary/aromatic N) is 4. The summed E-state index contributed by atoms with van der Waals surface area (Å²) in [7, 11) is 0. The van der Waals surface area contributed by atoms with Gasteiger partial charge in [0, 0.05) is 69.0 Å². The van der Waals surface area contributed by atoms with Gasteiger partial charge in [-0.05, 0) is 42.6 Å². The molecular weight excluding hydrogens is 604 g/mol. The van der Waals surface area contributed by atoms with Gasteiger partial charge in [0.05, 0.1) is 36.1 Å². The highest BCUT2D eigenvalue weighted by Gasteiger charge is 2.39. The molecule has 2 fully saturated rings. The highest BCUT2D eigenvalue weighted by Crippen LogP contribution is 2.37. The van der Waals surface area contributed by atoms with Crippen molar-refractivity contribution in [2.75, 3.05) is 65.6 Å². The van der Waals surface area contributed by atoms with Gasteiger partial charge in [-0.1, -0.05) is 23.4 Å². The number of hydrogen-bond donors (Lipinski definition) is 1. The van der Waals surface area contributed by atoms with E-state index >= 15 is 0 Å². The summed E-state index contributed by atoms with van der Waals surface area (Å²) < 4.78 is 86.7. The van der Waals surface area contributed by atoms with E-state index in [1.54, 1.807) is 0 Å². The molecule has 3 aromatic rings. The number of ether oxygens (including phenoxy) is 1. The first-order valence-electron chi connectivity index (χ1n) is 14.7. The summed E-state index contributed by atoms with van der Waals surface area (Å²) in [6.45, 7) is 7.21. The zero-order chi connectivity index (χ0) is 32.2. The molecule has 244 valence electrons. The molecule has 0 bridgehead atoms. The molecule has 0 spiro atoms. The van der Waals surface area contributed by atoms with Crippen LogP contribution in [0.3, 0.4) is 0 Å². The minimum Gasteiger partial charge on any atom is -0.394 e. The normalized spacial score (nSPS) is 19.3. The number of amides is 1. The number of oxime groups is 1. The molecule has 5 rings (SSSR count). The Morgan fingerprint density at radius 1 is 0.956 bits per heavy atom. The molecular formula is C31H35F6N5O3. The molecule has 1 amide bonds. The molecule has 0 aliphatic carbocycles. The van der Waals surface area contributed by atoms with E-state index in [9.17, 15) is 31.1 Å². The number of aromatic nitrogens is 1. The van der Waals surface area contributed by atoms with E-state index < -0.39 is 41.0 Å². The van der Waals surface area contributed by atoms with E-state index in [0.717, 1.165) is 36.2 Å². The van der Waals surface area contributed by atoms with E-state index in [2.05, 4.69) is 19.9 Å². The lowest BCUT2D eigenvalue weighted by Crippen LogP contribution is -2.56. The highest BCUT2D eigenvalue weighted by atomic mass is 19.4. The fourth-order valence-electron chi connectivity index (χ4n) is 5.75. The number of hydrogen-bond acceptors (Lipinski definition) is 6. The van der Waals surface area contributed by atoms with Crippen molar-refractivity contribution < 1.29 is 40.7 Å². The van der Waals surface area contributed by atoms with Gasteiger partial charge in [0.1, 0.15) is 6.61 Å². The predicted octanol–water partition coefficient (Wildman–Crippen LogP) is 5.30. The summed E-state index contributed by atoms with van der Waals surface area (Å²) in [4.78, 5) is 28.1. The molecule has 2 aliphatic heterocycles. The molecule has 1 aromatic heterocycles. The van der Waals surface area contributed by atoms with Gasteiger partial charge >= 0.3 is 12.4 Å². The quantitative estimate of drug-likeness (QED) is 0.149. The summed E-state index contributed by atoms with van der Waals surface area (Å²) in [5.74, 6) is -0.885. The Labute approximate surface area is 256 Å². The second-order valence-corrected chi connectivity index (χ2v) is 11.4. The van der Waals surface area contributed by atoms with E-state index in [1.165, 1.54) is 4.90 Å². The molecule has 8 nitrogen and oxygen atoms in total. The Kier molecular flexibility index (Phi) is 10.0. The topological polar surface area (TPSA) is 73.4 Å². The molecule has 0 radical (unpaired) electrons. The van der Waals surface area contributed by atoms with E-state index in [0.29, 0.717) is 63.7 Å². The van der Waals surface area contributed by atoms with Crippen molar-refractivity contribution in [2.24, 2.45) is 5.16 Å². The lowest BCUT2D eigenvalue weighted by Gasteiger charge is -2.41. The summed E-state index contributed by atoms with van der Waals surface area (Å²) >= 11 is 0. The van der Waals surface area contributed by atoms with E-state index in [1.807, 2.05) is 37.3 Å². The number of carbonyl (C=O) groups excluding carboxylic acids is 1. The van der Waals surface area contributed by atoms with Crippen LogP contribution in [0, 0.1) is 0 Å². The number of piperazine rings is 1. The van der Waals surface area contributed by atoms with Crippen molar-refractivity contribution in [1.29, 1.82) is 0 Å².